The van der Waals surface area contributed by atoms with Crippen molar-refractivity contribution in [3.63, 3.8) is 0 Å². The highest BCUT2D eigenvalue weighted by atomic mass is 16.5. The van der Waals surface area contributed by atoms with Crippen molar-refractivity contribution in [2.75, 3.05) is 51.6 Å². The molecule has 0 aliphatic carbocycles. The molecule has 9 heteroatoms. The molecule has 2 amide bonds. The van der Waals surface area contributed by atoms with Gasteiger partial charge in [-0.1, -0.05) is 0 Å². The number of aromatic nitrogens is 2. The van der Waals surface area contributed by atoms with Crippen LogP contribution in [0, 0.1) is 0 Å². The lowest BCUT2D eigenvalue weighted by molar-refractivity contribution is 0.102. The van der Waals surface area contributed by atoms with Crippen LogP contribution in [0.1, 0.15) is 12.8 Å². The molecule has 0 spiro atoms. The third kappa shape index (κ3) is 5.40. The third-order valence-corrected chi connectivity index (χ3v) is 4.64. The van der Waals surface area contributed by atoms with E-state index in [0.29, 0.717) is 36.2 Å². The Bertz CT molecular complexity index is 806. The van der Waals surface area contributed by atoms with Gasteiger partial charge in [-0.3, -0.25) is 0 Å². The number of piperidine rings is 1. The number of likely N-dealkylation sites (tertiary alicyclic amines) is 1. The quantitative estimate of drug-likeness (QED) is 0.796. The molecule has 1 fully saturated rings. The van der Waals surface area contributed by atoms with Crippen LogP contribution in [-0.4, -0.2) is 68.6 Å². The number of urea groups is 1. The van der Waals surface area contributed by atoms with Crippen LogP contribution in [0.4, 0.5) is 16.3 Å². The second-order valence-corrected chi connectivity index (χ2v) is 6.98. The minimum Gasteiger partial charge on any atom is -0.497 e. The molecular weight excluding hydrogens is 374 g/mol. The lowest BCUT2D eigenvalue weighted by atomic mass is 10.1. The van der Waals surface area contributed by atoms with Gasteiger partial charge in [-0.05, 0) is 18.9 Å². The Labute approximate surface area is 170 Å². The number of rotatable bonds is 6. The molecule has 2 aromatic rings. The number of amides is 2. The second kappa shape index (κ2) is 9.31. The molecule has 1 aromatic carbocycles. The Kier molecular flexibility index (Phi) is 6.58. The molecule has 9 nitrogen and oxygen atoms in total. The molecule has 0 saturated carbocycles. The maximum absolute atomic E-state index is 12.7. The summed E-state index contributed by atoms with van der Waals surface area (Å²) in [5, 5.41) is 11.1. The number of hydrogen-bond donors (Lipinski definition) is 1. The van der Waals surface area contributed by atoms with E-state index in [2.05, 4.69) is 15.5 Å². The molecule has 1 aliphatic heterocycles. The zero-order chi connectivity index (χ0) is 20.8. The number of carbonyl (C=O) groups excluding carboxylic acids is 1. The normalized spacial score (nSPS) is 16.1. The lowest BCUT2D eigenvalue weighted by Gasteiger charge is -2.32. The fourth-order valence-corrected chi connectivity index (χ4v) is 3.09. The molecule has 1 aliphatic rings. The van der Waals surface area contributed by atoms with Crippen LogP contribution < -0.4 is 24.4 Å². The standard InChI is InChI=1S/C20H27N5O4/c1-24(2)18-7-8-19(23-22-18)29-15-6-5-9-25(13-15)20(26)21-14-10-16(27-3)12-17(11-14)28-4/h7-8,10-12,15H,5-6,9,13H2,1-4H3,(H,21,26). The SMILES string of the molecule is COc1cc(NC(=O)N2CCCC(Oc3ccc(N(C)C)nn3)C2)cc(OC)c1. The van der Waals surface area contributed by atoms with Crippen LogP contribution in [0.2, 0.25) is 0 Å². The predicted octanol–water partition coefficient (Wildman–Crippen LogP) is 2.64. The number of hydrogen-bond acceptors (Lipinski definition) is 7. The van der Waals surface area contributed by atoms with Crippen molar-refractivity contribution >= 4 is 17.5 Å². The first-order valence-electron chi connectivity index (χ1n) is 9.45. The number of ether oxygens (including phenoxy) is 3. The number of anilines is 2. The van der Waals surface area contributed by atoms with E-state index < -0.39 is 0 Å². The maximum Gasteiger partial charge on any atom is 0.321 e. The van der Waals surface area contributed by atoms with Crippen LogP contribution >= 0.6 is 0 Å². The zero-order valence-electron chi connectivity index (χ0n) is 17.2. The summed E-state index contributed by atoms with van der Waals surface area (Å²) in [4.78, 5) is 16.3. The van der Waals surface area contributed by atoms with Gasteiger partial charge < -0.3 is 29.3 Å². The van der Waals surface area contributed by atoms with Gasteiger partial charge >= 0.3 is 6.03 Å². The van der Waals surface area contributed by atoms with Gasteiger partial charge in [-0.25, -0.2) is 4.79 Å². The first-order valence-corrected chi connectivity index (χ1v) is 9.45. The van der Waals surface area contributed by atoms with E-state index in [1.54, 1.807) is 43.4 Å². The molecule has 29 heavy (non-hydrogen) atoms. The van der Waals surface area contributed by atoms with Gasteiger partial charge in [-0.2, -0.15) is 0 Å². The van der Waals surface area contributed by atoms with E-state index in [4.69, 9.17) is 14.2 Å². The van der Waals surface area contributed by atoms with Crippen molar-refractivity contribution in [3.8, 4) is 17.4 Å². The summed E-state index contributed by atoms with van der Waals surface area (Å²) < 4.78 is 16.4. The Hall–Kier alpha value is -3.23. The summed E-state index contributed by atoms with van der Waals surface area (Å²) >= 11 is 0. The van der Waals surface area contributed by atoms with Crippen molar-refractivity contribution in [1.29, 1.82) is 0 Å². The molecular formula is C20H27N5O4. The van der Waals surface area contributed by atoms with Crippen LogP contribution in [-0.2, 0) is 0 Å². The number of nitrogens with one attached hydrogen (secondary N) is 1. The Balaban J connectivity index is 1.60. The van der Waals surface area contributed by atoms with Gasteiger partial charge in [0.2, 0.25) is 5.88 Å². The molecule has 1 aromatic heterocycles. The summed E-state index contributed by atoms with van der Waals surface area (Å²) in [6, 6.07) is 8.71. The highest BCUT2D eigenvalue weighted by Crippen LogP contribution is 2.26. The van der Waals surface area contributed by atoms with Crippen LogP contribution in [0.15, 0.2) is 30.3 Å². The van der Waals surface area contributed by atoms with Crippen LogP contribution in [0.25, 0.3) is 0 Å². The fourth-order valence-electron chi connectivity index (χ4n) is 3.09. The molecule has 1 N–H and O–H groups in total. The summed E-state index contributed by atoms with van der Waals surface area (Å²) in [5.74, 6) is 2.44. The van der Waals surface area contributed by atoms with E-state index in [9.17, 15) is 4.79 Å². The van der Waals surface area contributed by atoms with Crippen molar-refractivity contribution in [2.45, 2.75) is 18.9 Å². The smallest absolute Gasteiger partial charge is 0.321 e. The lowest BCUT2D eigenvalue weighted by Crippen LogP contribution is -2.46. The summed E-state index contributed by atoms with van der Waals surface area (Å²) in [5.41, 5.74) is 0.611. The predicted molar refractivity (Wildman–Crippen MR) is 110 cm³/mol. The largest absolute Gasteiger partial charge is 0.497 e. The fraction of sp³-hybridized carbons (Fsp3) is 0.450. The molecule has 0 radical (unpaired) electrons. The summed E-state index contributed by atoms with van der Waals surface area (Å²) in [7, 11) is 6.95. The number of methoxy groups -OCH3 is 2. The van der Waals surface area contributed by atoms with Gasteiger partial charge in [-0.15, -0.1) is 10.2 Å². The van der Waals surface area contributed by atoms with Crippen molar-refractivity contribution < 1.29 is 19.0 Å². The topological polar surface area (TPSA) is 89.1 Å². The van der Waals surface area contributed by atoms with E-state index in [-0.39, 0.29) is 12.1 Å². The van der Waals surface area contributed by atoms with Gasteiger partial charge in [0.15, 0.2) is 5.82 Å². The number of carbonyl (C=O) groups is 1. The van der Waals surface area contributed by atoms with Crippen molar-refractivity contribution in [1.82, 2.24) is 15.1 Å². The third-order valence-electron chi connectivity index (χ3n) is 4.64. The van der Waals surface area contributed by atoms with Gasteiger partial charge in [0, 0.05) is 50.6 Å². The van der Waals surface area contributed by atoms with Gasteiger partial charge in [0.1, 0.15) is 17.6 Å². The van der Waals surface area contributed by atoms with E-state index in [1.807, 2.05) is 25.1 Å². The van der Waals surface area contributed by atoms with Crippen LogP contribution in [0.3, 0.4) is 0 Å². The highest BCUT2D eigenvalue weighted by Gasteiger charge is 2.25. The van der Waals surface area contributed by atoms with Crippen molar-refractivity contribution in [2.24, 2.45) is 0 Å². The Morgan fingerprint density at radius 3 is 2.45 bits per heavy atom. The molecule has 2 heterocycles. The average molecular weight is 401 g/mol. The molecule has 3 rings (SSSR count). The first-order chi connectivity index (χ1) is 14.0. The average Bonchev–Trinajstić information content (AvgIpc) is 2.74. The molecule has 1 saturated heterocycles. The Morgan fingerprint density at radius 1 is 1.14 bits per heavy atom. The zero-order valence-corrected chi connectivity index (χ0v) is 17.2. The van der Waals surface area contributed by atoms with Crippen LogP contribution in [0.5, 0.6) is 17.4 Å². The van der Waals surface area contributed by atoms with Gasteiger partial charge in [0.05, 0.1) is 20.8 Å². The molecule has 1 unspecified atom stereocenters. The summed E-state index contributed by atoms with van der Waals surface area (Å²) in [6.45, 7) is 1.14. The Morgan fingerprint density at radius 2 is 1.86 bits per heavy atom. The molecule has 1 atom stereocenters. The highest BCUT2D eigenvalue weighted by molar-refractivity contribution is 5.90. The number of nitrogens with zero attached hydrogens (tertiary/aromatic N) is 4. The van der Waals surface area contributed by atoms with E-state index in [0.717, 1.165) is 18.7 Å². The van der Waals surface area contributed by atoms with E-state index >= 15 is 0 Å². The second-order valence-electron chi connectivity index (χ2n) is 6.98. The minimum absolute atomic E-state index is 0.131. The number of benzene rings is 1. The molecule has 0 bridgehead atoms. The monoisotopic (exact) mass is 401 g/mol. The van der Waals surface area contributed by atoms with E-state index in [1.165, 1.54) is 0 Å². The molecule has 156 valence electrons. The minimum atomic E-state index is -0.192. The van der Waals surface area contributed by atoms with Gasteiger partial charge in [0.25, 0.3) is 0 Å². The van der Waals surface area contributed by atoms with Crippen molar-refractivity contribution in [3.05, 3.63) is 30.3 Å². The first kappa shape index (κ1) is 20.5. The summed E-state index contributed by atoms with van der Waals surface area (Å²) in [6.07, 6.45) is 1.57. The maximum atomic E-state index is 12.7.